The highest BCUT2D eigenvalue weighted by molar-refractivity contribution is 7.17. The molecular weight excluding hydrogens is 260 g/mol. The molecule has 0 spiro atoms. The molecule has 19 heavy (non-hydrogen) atoms. The Balaban J connectivity index is 2.37. The van der Waals surface area contributed by atoms with Crippen LogP contribution in [-0.2, 0) is 0 Å². The van der Waals surface area contributed by atoms with E-state index in [1.807, 2.05) is 6.92 Å². The third kappa shape index (κ3) is 6.00. The van der Waals surface area contributed by atoms with Crippen LogP contribution in [0.4, 0.5) is 5.13 Å². The summed E-state index contributed by atoms with van der Waals surface area (Å²) in [5.41, 5.74) is 0. The van der Waals surface area contributed by atoms with E-state index in [0.717, 1.165) is 25.8 Å². The first-order chi connectivity index (χ1) is 9.17. The van der Waals surface area contributed by atoms with Crippen LogP contribution < -0.4 is 10.6 Å². The Morgan fingerprint density at radius 1 is 1.26 bits per heavy atom. The zero-order valence-corrected chi connectivity index (χ0v) is 12.8. The largest absolute Gasteiger partial charge is 0.360 e. The van der Waals surface area contributed by atoms with E-state index in [-0.39, 0.29) is 11.9 Å². The van der Waals surface area contributed by atoms with Crippen molar-refractivity contribution >= 4 is 22.4 Å². The number of carbonyl (C=O) groups is 1. The number of nitrogens with zero attached hydrogens (tertiary/aromatic N) is 2. The van der Waals surface area contributed by atoms with Crippen molar-refractivity contribution in [2.24, 2.45) is 0 Å². The molecule has 0 aliphatic heterocycles. The molecule has 0 aliphatic carbocycles. The number of nitrogens with one attached hydrogen (secondary N) is 2. The molecule has 1 amide bonds. The molecule has 1 aromatic rings. The highest BCUT2D eigenvalue weighted by atomic mass is 32.1. The fourth-order valence-corrected chi connectivity index (χ4v) is 2.35. The van der Waals surface area contributed by atoms with Gasteiger partial charge in [0.2, 0.25) is 10.1 Å². The second-order valence-electron chi connectivity index (χ2n) is 4.71. The Morgan fingerprint density at radius 2 is 2.05 bits per heavy atom. The lowest BCUT2D eigenvalue weighted by Gasteiger charge is -2.11. The predicted molar refractivity (Wildman–Crippen MR) is 79.8 cm³/mol. The van der Waals surface area contributed by atoms with E-state index in [9.17, 15) is 4.79 Å². The van der Waals surface area contributed by atoms with Gasteiger partial charge in [-0.15, -0.1) is 10.2 Å². The second kappa shape index (κ2) is 8.85. The molecule has 0 aromatic carbocycles. The van der Waals surface area contributed by atoms with Crippen molar-refractivity contribution in [3.63, 3.8) is 0 Å². The quantitative estimate of drug-likeness (QED) is 0.684. The summed E-state index contributed by atoms with van der Waals surface area (Å²) in [6.45, 7) is 7.14. The topological polar surface area (TPSA) is 66.9 Å². The smallest absolute Gasteiger partial charge is 0.282 e. The molecule has 1 unspecified atom stereocenters. The van der Waals surface area contributed by atoms with Gasteiger partial charge in [-0.3, -0.25) is 4.79 Å². The minimum atomic E-state index is -0.119. The molecule has 1 atom stereocenters. The molecule has 2 N–H and O–H groups in total. The molecular formula is C13H24N4OS. The van der Waals surface area contributed by atoms with Crippen LogP contribution in [0, 0.1) is 0 Å². The SMILES string of the molecule is CCCCCC(C)NC(=O)c1nnc(NCCC)s1. The number of hydrogen-bond acceptors (Lipinski definition) is 5. The Morgan fingerprint density at radius 3 is 2.74 bits per heavy atom. The first-order valence-corrected chi connectivity index (χ1v) is 7.87. The van der Waals surface area contributed by atoms with Crippen molar-refractivity contribution in [3.05, 3.63) is 5.01 Å². The average molecular weight is 284 g/mol. The molecule has 6 heteroatoms. The van der Waals surface area contributed by atoms with Gasteiger partial charge in [-0.1, -0.05) is 44.4 Å². The predicted octanol–water partition coefficient (Wildman–Crippen LogP) is 3.06. The first-order valence-electron chi connectivity index (χ1n) is 7.05. The lowest BCUT2D eigenvalue weighted by molar-refractivity contribution is 0.0937. The number of aromatic nitrogens is 2. The molecule has 0 saturated heterocycles. The van der Waals surface area contributed by atoms with Crippen molar-refractivity contribution in [1.29, 1.82) is 0 Å². The Kier molecular flexibility index (Phi) is 7.40. The van der Waals surface area contributed by atoms with E-state index < -0.39 is 0 Å². The Hall–Kier alpha value is -1.17. The van der Waals surface area contributed by atoms with Crippen LogP contribution in [0.25, 0.3) is 0 Å². The van der Waals surface area contributed by atoms with Crippen LogP contribution in [0.1, 0.15) is 62.7 Å². The third-order valence-corrected chi connectivity index (χ3v) is 3.64. The molecule has 0 bridgehead atoms. The molecule has 0 aliphatic rings. The van der Waals surface area contributed by atoms with E-state index >= 15 is 0 Å². The summed E-state index contributed by atoms with van der Waals surface area (Å²) in [6, 6.07) is 0.190. The summed E-state index contributed by atoms with van der Waals surface area (Å²) in [5, 5.41) is 15.1. The zero-order chi connectivity index (χ0) is 14.1. The summed E-state index contributed by atoms with van der Waals surface area (Å²) in [4.78, 5) is 11.9. The van der Waals surface area contributed by atoms with Crippen molar-refractivity contribution in [2.75, 3.05) is 11.9 Å². The summed E-state index contributed by atoms with van der Waals surface area (Å²) in [6.07, 6.45) is 5.60. The first kappa shape index (κ1) is 15.9. The maximum atomic E-state index is 11.9. The van der Waals surface area contributed by atoms with Crippen LogP contribution in [-0.4, -0.2) is 28.7 Å². The number of anilines is 1. The van der Waals surface area contributed by atoms with Crippen LogP contribution in [0.15, 0.2) is 0 Å². The van der Waals surface area contributed by atoms with Gasteiger partial charge in [0.05, 0.1) is 0 Å². The molecule has 1 heterocycles. The molecule has 108 valence electrons. The van der Waals surface area contributed by atoms with Gasteiger partial charge in [0, 0.05) is 12.6 Å². The van der Waals surface area contributed by atoms with Gasteiger partial charge >= 0.3 is 0 Å². The lowest BCUT2D eigenvalue weighted by atomic mass is 10.1. The van der Waals surface area contributed by atoms with Crippen molar-refractivity contribution in [2.45, 2.75) is 58.9 Å². The molecule has 1 aromatic heterocycles. The third-order valence-electron chi connectivity index (χ3n) is 2.76. The fraction of sp³-hybridized carbons (Fsp3) is 0.769. The van der Waals surface area contributed by atoms with Gasteiger partial charge in [0.25, 0.3) is 5.91 Å². The normalized spacial score (nSPS) is 12.2. The number of carbonyl (C=O) groups excluding carboxylic acids is 1. The minimum absolute atomic E-state index is 0.119. The highest BCUT2D eigenvalue weighted by Crippen LogP contribution is 2.15. The standard InChI is InChI=1S/C13H24N4OS/c1-4-6-7-8-10(3)15-11(18)12-16-17-13(19-12)14-9-5-2/h10H,4-9H2,1-3H3,(H,14,17)(H,15,18). The number of unbranched alkanes of at least 4 members (excludes halogenated alkanes) is 2. The van der Waals surface area contributed by atoms with Crippen LogP contribution >= 0.6 is 11.3 Å². The van der Waals surface area contributed by atoms with Gasteiger partial charge in [0.15, 0.2) is 0 Å². The van der Waals surface area contributed by atoms with Crippen LogP contribution in [0.2, 0.25) is 0 Å². The lowest BCUT2D eigenvalue weighted by Crippen LogP contribution is -2.32. The number of rotatable bonds is 9. The maximum absolute atomic E-state index is 11.9. The average Bonchev–Trinajstić information content (AvgIpc) is 2.85. The molecule has 5 nitrogen and oxygen atoms in total. The highest BCUT2D eigenvalue weighted by Gasteiger charge is 2.14. The molecule has 0 radical (unpaired) electrons. The fourth-order valence-electron chi connectivity index (χ4n) is 1.68. The molecule has 1 rings (SSSR count). The van der Waals surface area contributed by atoms with Crippen molar-refractivity contribution in [1.82, 2.24) is 15.5 Å². The Labute approximate surface area is 119 Å². The maximum Gasteiger partial charge on any atom is 0.282 e. The monoisotopic (exact) mass is 284 g/mol. The summed E-state index contributed by atoms with van der Waals surface area (Å²) in [7, 11) is 0. The van der Waals surface area contributed by atoms with E-state index in [1.165, 1.54) is 24.2 Å². The zero-order valence-electron chi connectivity index (χ0n) is 12.0. The van der Waals surface area contributed by atoms with Gasteiger partial charge in [0.1, 0.15) is 0 Å². The van der Waals surface area contributed by atoms with Crippen molar-refractivity contribution < 1.29 is 4.79 Å². The van der Waals surface area contributed by atoms with Gasteiger partial charge < -0.3 is 10.6 Å². The Bertz CT molecular complexity index is 380. The van der Waals surface area contributed by atoms with Crippen molar-refractivity contribution in [3.8, 4) is 0 Å². The number of amides is 1. The van der Waals surface area contributed by atoms with Gasteiger partial charge in [-0.05, 0) is 19.8 Å². The van der Waals surface area contributed by atoms with Crippen LogP contribution in [0.3, 0.4) is 0 Å². The van der Waals surface area contributed by atoms with E-state index in [0.29, 0.717) is 10.1 Å². The second-order valence-corrected chi connectivity index (χ2v) is 5.69. The summed E-state index contributed by atoms with van der Waals surface area (Å²) in [5.74, 6) is -0.119. The van der Waals surface area contributed by atoms with Gasteiger partial charge in [-0.25, -0.2) is 0 Å². The van der Waals surface area contributed by atoms with E-state index in [2.05, 4.69) is 34.7 Å². The molecule has 0 saturated carbocycles. The molecule has 0 fully saturated rings. The van der Waals surface area contributed by atoms with Gasteiger partial charge in [-0.2, -0.15) is 0 Å². The van der Waals surface area contributed by atoms with E-state index in [4.69, 9.17) is 0 Å². The minimum Gasteiger partial charge on any atom is -0.360 e. The summed E-state index contributed by atoms with van der Waals surface area (Å²) >= 11 is 1.31. The number of hydrogen-bond donors (Lipinski definition) is 2. The van der Waals surface area contributed by atoms with E-state index in [1.54, 1.807) is 0 Å². The summed E-state index contributed by atoms with van der Waals surface area (Å²) < 4.78 is 0. The van der Waals surface area contributed by atoms with Crippen LogP contribution in [0.5, 0.6) is 0 Å².